The summed E-state index contributed by atoms with van der Waals surface area (Å²) in [6.07, 6.45) is 0.643. The number of benzene rings is 1. The maximum Gasteiger partial charge on any atom is 0.407 e. The average Bonchev–Trinajstić information content (AvgIpc) is 2.50. The summed E-state index contributed by atoms with van der Waals surface area (Å²) in [4.78, 5) is 14.2. The summed E-state index contributed by atoms with van der Waals surface area (Å²) >= 11 is 0. The fourth-order valence-electron chi connectivity index (χ4n) is 3.25. The lowest BCUT2D eigenvalue weighted by Crippen LogP contribution is -2.55. The lowest BCUT2D eigenvalue weighted by Gasteiger charge is -2.40. The zero-order valence-electron chi connectivity index (χ0n) is 15.2. The molecule has 5 nitrogen and oxygen atoms in total. The Labute approximate surface area is 145 Å². The van der Waals surface area contributed by atoms with E-state index < -0.39 is 17.8 Å². The second-order valence-corrected chi connectivity index (χ2v) is 7.44. The summed E-state index contributed by atoms with van der Waals surface area (Å²) in [7, 11) is 0. The molecule has 1 unspecified atom stereocenters. The number of likely N-dealkylation sites (tertiary alicyclic amines) is 1. The van der Waals surface area contributed by atoms with Crippen molar-refractivity contribution < 1.29 is 14.6 Å². The maximum absolute atomic E-state index is 11.9. The largest absolute Gasteiger partial charge is 0.444 e. The Bertz CT molecular complexity index is 527. The van der Waals surface area contributed by atoms with Crippen LogP contribution in [-0.4, -0.2) is 46.9 Å². The van der Waals surface area contributed by atoms with Gasteiger partial charge in [0.25, 0.3) is 0 Å². The molecule has 0 aromatic heterocycles. The van der Waals surface area contributed by atoms with Gasteiger partial charge in [-0.15, -0.1) is 0 Å². The van der Waals surface area contributed by atoms with Crippen molar-refractivity contribution in [3.05, 3.63) is 35.9 Å². The van der Waals surface area contributed by atoms with Gasteiger partial charge in [-0.1, -0.05) is 37.3 Å². The number of alkyl carbamates (subject to hydrolysis) is 1. The molecule has 1 aromatic rings. The number of hydrogen-bond acceptors (Lipinski definition) is 4. The van der Waals surface area contributed by atoms with Gasteiger partial charge in [0, 0.05) is 19.1 Å². The number of aliphatic hydroxyl groups excluding tert-OH is 1. The summed E-state index contributed by atoms with van der Waals surface area (Å²) in [5.74, 6) is 0. The summed E-state index contributed by atoms with van der Waals surface area (Å²) in [6, 6.07) is 10.4. The molecule has 1 aliphatic rings. The SMILES string of the molecule is CCC(c1ccccc1)N1CC[C@@H](NC(=O)OC(C)(C)C)[C@H](O)C1. The van der Waals surface area contributed by atoms with Crippen molar-refractivity contribution in [1.82, 2.24) is 10.2 Å². The predicted molar refractivity (Wildman–Crippen MR) is 94.8 cm³/mol. The summed E-state index contributed by atoms with van der Waals surface area (Å²) in [5.41, 5.74) is 0.738. The fourth-order valence-corrected chi connectivity index (χ4v) is 3.25. The quantitative estimate of drug-likeness (QED) is 0.888. The molecule has 0 spiro atoms. The van der Waals surface area contributed by atoms with E-state index in [1.54, 1.807) is 0 Å². The minimum absolute atomic E-state index is 0.260. The normalized spacial score (nSPS) is 23.5. The number of carbonyl (C=O) groups excluding carboxylic acids is 1. The van der Waals surface area contributed by atoms with Crippen molar-refractivity contribution in [2.24, 2.45) is 0 Å². The Morgan fingerprint density at radius 1 is 1.38 bits per heavy atom. The molecule has 134 valence electrons. The van der Waals surface area contributed by atoms with E-state index in [1.165, 1.54) is 5.56 Å². The highest BCUT2D eigenvalue weighted by atomic mass is 16.6. The molecule has 1 aliphatic heterocycles. The van der Waals surface area contributed by atoms with Gasteiger partial charge in [0.05, 0.1) is 12.1 Å². The van der Waals surface area contributed by atoms with E-state index in [0.717, 1.165) is 13.0 Å². The van der Waals surface area contributed by atoms with Gasteiger partial charge >= 0.3 is 6.09 Å². The minimum atomic E-state index is -0.593. The molecular formula is C19H30N2O3. The molecule has 0 radical (unpaired) electrons. The Balaban J connectivity index is 1.93. The second-order valence-electron chi connectivity index (χ2n) is 7.44. The Morgan fingerprint density at radius 3 is 2.58 bits per heavy atom. The van der Waals surface area contributed by atoms with Crippen LogP contribution >= 0.6 is 0 Å². The van der Waals surface area contributed by atoms with Gasteiger partial charge in [-0.05, 0) is 39.2 Å². The molecule has 2 rings (SSSR count). The van der Waals surface area contributed by atoms with Gasteiger partial charge in [-0.25, -0.2) is 4.79 Å². The highest BCUT2D eigenvalue weighted by Crippen LogP contribution is 2.27. The van der Waals surface area contributed by atoms with E-state index in [1.807, 2.05) is 39.0 Å². The van der Waals surface area contributed by atoms with E-state index in [-0.39, 0.29) is 6.04 Å². The monoisotopic (exact) mass is 334 g/mol. The molecule has 1 amide bonds. The van der Waals surface area contributed by atoms with E-state index in [0.29, 0.717) is 19.0 Å². The minimum Gasteiger partial charge on any atom is -0.444 e. The van der Waals surface area contributed by atoms with Crippen LogP contribution in [0.15, 0.2) is 30.3 Å². The molecule has 5 heteroatoms. The van der Waals surface area contributed by atoms with Crippen LogP contribution in [0.2, 0.25) is 0 Å². The molecule has 0 saturated carbocycles. The summed E-state index contributed by atoms with van der Waals surface area (Å²) < 4.78 is 5.28. The first-order chi connectivity index (χ1) is 11.3. The van der Waals surface area contributed by atoms with Crippen LogP contribution in [0.4, 0.5) is 4.79 Å². The molecule has 2 N–H and O–H groups in total. The van der Waals surface area contributed by atoms with Crippen LogP contribution in [-0.2, 0) is 4.74 Å². The van der Waals surface area contributed by atoms with Crippen LogP contribution in [0, 0.1) is 0 Å². The number of nitrogens with one attached hydrogen (secondary N) is 1. The van der Waals surface area contributed by atoms with E-state index in [4.69, 9.17) is 4.74 Å². The zero-order chi connectivity index (χ0) is 17.7. The van der Waals surface area contributed by atoms with Crippen LogP contribution < -0.4 is 5.32 Å². The number of carbonyl (C=O) groups is 1. The van der Waals surface area contributed by atoms with Crippen LogP contribution in [0.5, 0.6) is 0 Å². The van der Waals surface area contributed by atoms with Crippen molar-refractivity contribution in [3.8, 4) is 0 Å². The van der Waals surface area contributed by atoms with Gasteiger partial charge in [0.1, 0.15) is 5.60 Å². The molecule has 1 saturated heterocycles. The first-order valence-corrected chi connectivity index (χ1v) is 8.76. The molecule has 1 heterocycles. The number of β-amino-alcohol motifs (C(OH)–C–C–N with tert-alkyl or cyclic N) is 1. The lowest BCUT2D eigenvalue weighted by molar-refractivity contribution is 0.00757. The topological polar surface area (TPSA) is 61.8 Å². The maximum atomic E-state index is 11.9. The predicted octanol–water partition coefficient (Wildman–Crippen LogP) is 3.10. The molecule has 0 aliphatic carbocycles. The molecule has 3 atom stereocenters. The number of ether oxygens (including phenoxy) is 1. The van der Waals surface area contributed by atoms with Gasteiger partial charge in [0.2, 0.25) is 0 Å². The van der Waals surface area contributed by atoms with E-state index in [9.17, 15) is 9.90 Å². The number of nitrogens with zero attached hydrogens (tertiary/aromatic N) is 1. The second kappa shape index (κ2) is 7.99. The van der Waals surface area contributed by atoms with Crippen LogP contribution in [0.3, 0.4) is 0 Å². The molecular weight excluding hydrogens is 304 g/mol. The third-order valence-electron chi connectivity index (χ3n) is 4.33. The molecule has 1 fully saturated rings. The molecule has 1 aromatic carbocycles. The van der Waals surface area contributed by atoms with E-state index >= 15 is 0 Å². The molecule has 24 heavy (non-hydrogen) atoms. The zero-order valence-corrected chi connectivity index (χ0v) is 15.2. The first-order valence-electron chi connectivity index (χ1n) is 8.76. The van der Waals surface area contributed by atoms with Crippen molar-refractivity contribution in [2.75, 3.05) is 13.1 Å². The third-order valence-corrected chi connectivity index (χ3v) is 4.33. The third kappa shape index (κ3) is 5.21. The van der Waals surface area contributed by atoms with Gasteiger partial charge in [-0.3, -0.25) is 4.90 Å². The van der Waals surface area contributed by atoms with Crippen molar-refractivity contribution in [3.63, 3.8) is 0 Å². The lowest BCUT2D eigenvalue weighted by atomic mass is 9.96. The summed E-state index contributed by atoms with van der Waals surface area (Å²) in [5, 5.41) is 13.3. The van der Waals surface area contributed by atoms with Crippen molar-refractivity contribution in [1.29, 1.82) is 0 Å². The number of aliphatic hydroxyl groups is 1. The Morgan fingerprint density at radius 2 is 2.04 bits per heavy atom. The van der Waals surface area contributed by atoms with Gasteiger partial charge in [0.15, 0.2) is 0 Å². The smallest absolute Gasteiger partial charge is 0.407 e. The number of piperidine rings is 1. The van der Waals surface area contributed by atoms with Crippen LogP contribution in [0.1, 0.15) is 52.1 Å². The Kier molecular flexibility index (Phi) is 6.24. The summed E-state index contributed by atoms with van der Waals surface area (Å²) in [6.45, 7) is 9.04. The Hall–Kier alpha value is -1.59. The standard InChI is InChI=1S/C19H30N2O3/c1-5-16(14-9-7-6-8-10-14)21-12-11-15(17(22)13-21)20-18(23)24-19(2,3)4/h6-10,15-17,22H,5,11-13H2,1-4H3,(H,20,23)/t15-,16?,17-/m1/s1. The van der Waals surface area contributed by atoms with Gasteiger partial charge < -0.3 is 15.2 Å². The molecule has 0 bridgehead atoms. The van der Waals surface area contributed by atoms with Crippen molar-refractivity contribution in [2.45, 2.75) is 64.3 Å². The van der Waals surface area contributed by atoms with E-state index in [2.05, 4.69) is 29.3 Å². The first kappa shape index (κ1) is 18.7. The van der Waals surface area contributed by atoms with Crippen LogP contribution in [0.25, 0.3) is 0 Å². The van der Waals surface area contributed by atoms with Crippen molar-refractivity contribution >= 4 is 6.09 Å². The number of hydrogen-bond donors (Lipinski definition) is 2. The highest BCUT2D eigenvalue weighted by Gasteiger charge is 2.33. The number of amides is 1. The van der Waals surface area contributed by atoms with Gasteiger partial charge in [-0.2, -0.15) is 0 Å². The number of rotatable bonds is 4. The fraction of sp³-hybridized carbons (Fsp3) is 0.632. The highest BCUT2D eigenvalue weighted by molar-refractivity contribution is 5.68. The average molecular weight is 334 g/mol.